The number of nitrogens with zero attached hydrogens (tertiary/aromatic N) is 1. The highest BCUT2D eigenvalue weighted by molar-refractivity contribution is 14.1. The molecule has 0 saturated carbocycles. The Bertz CT molecular complexity index is 646. The second-order valence-corrected chi connectivity index (χ2v) is 5.79. The molecule has 0 bridgehead atoms. The molecule has 0 fully saturated rings. The molecule has 0 unspecified atom stereocenters. The zero-order chi connectivity index (χ0) is 14.7. The number of halogens is 2. The Morgan fingerprint density at radius 3 is 2.70 bits per heavy atom. The molecular weight excluding hydrogens is 389 g/mol. The molecule has 1 amide bonds. The highest BCUT2D eigenvalue weighted by Crippen LogP contribution is 2.25. The summed E-state index contributed by atoms with van der Waals surface area (Å²) in [6.07, 6.45) is 0. The first-order valence-corrected chi connectivity index (χ1v) is 7.54. The van der Waals surface area contributed by atoms with Gasteiger partial charge in [0.05, 0.1) is 5.56 Å². The number of benzene rings is 2. The number of anilines is 1. The standard InChI is InChI=1S/C15H13ClINO2/c1-2-18(11-4-3-5-12(19)9-11)15(20)13-8-10(16)6-7-14(13)17/h3-9,19H,2H2,1H3. The minimum Gasteiger partial charge on any atom is -0.508 e. The molecule has 0 atom stereocenters. The minimum absolute atomic E-state index is 0.134. The van der Waals surface area contributed by atoms with Crippen molar-refractivity contribution in [3.05, 3.63) is 56.6 Å². The fourth-order valence-corrected chi connectivity index (χ4v) is 2.65. The third kappa shape index (κ3) is 3.24. The lowest BCUT2D eigenvalue weighted by Gasteiger charge is -2.22. The SMILES string of the molecule is CCN(C(=O)c1cc(Cl)ccc1I)c1cccc(O)c1. The number of carbonyl (C=O) groups excluding carboxylic acids is 1. The smallest absolute Gasteiger partial charge is 0.259 e. The first-order valence-electron chi connectivity index (χ1n) is 6.09. The van der Waals surface area contributed by atoms with Crippen molar-refractivity contribution in [2.24, 2.45) is 0 Å². The van der Waals surface area contributed by atoms with Crippen LogP contribution in [-0.2, 0) is 0 Å². The summed E-state index contributed by atoms with van der Waals surface area (Å²) >= 11 is 8.08. The maximum atomic E-state index is 12.6. The maximum Gasteiger partial charge on any atom is 0.259 e. The zero-order valence-electron chi connectivity index (χ0n) is 10.8. The van der Waals surface area contributed by atoms with Crippen LogP contribution in [-0.4, -0.2) is 17.6 Å². The van der Waals surface area contributed by atoms with Crippen molar-refractivity contribution in [3.8, 4) is 5.75 Å². The number of phenolic OH excluding ortho intramolecular Hbond substituents is 1. The first-order chi connectivity index (χ1) is 9.52. The van der Waals surface area contributed by atoms with Gasteiger partial charge >= 0.3 is 0 Å². The molecule has 0 saturated heterocycles. The molecule has 2 aromatic rings. The number of hydrogen-bond acceptors (Lipinski definition) is 2. The van der Waals surface area contributed by atoms with E-state index in [9.17, 15) is 9.90 Å². The van der Waals surface area contributed by atoms with E-state index in [-0.39, 0.29) is 11.7 Å². The van der Waals surface area contributed by atoms with Crippen LogP contribution in [0.1, 0.15) is 17.3 Å². The van der Waals surface area contributed by atoms with Crippen LogP contribution in [0.5, 0.6) is 5.75 Å². The third-order valence-corrected chi connectivity index (χ3v) is 4.04. The van der Waals surface area contributed by atoms with Crippen LogP contribution < -0.4 is 4.90 Å². The average Bonchev–Trinajstić information content (AvgIpc) is 2.42. The lowest BCUT2D eigenvalue weighted by Crippen LogP contribution is -2.31. The molecule has 3 nitrogen and oxygen atoms in total. The van der Waals surface area contributed by atoms with Crippen molar-refractivity contribution < 1.29 is 9.90 Å². The molecule has 0 aliphatic rings. The lowest BCUT2D eigenvalue weighted by molar-refractivity contribution is 0.0987. The van der Waals surface area contributed by atoms with Gasteiger partial charge in [-0.05, 0) is 59.8 Å². The summed E-state index contributed by atoms with van der Waals surface area (Å²) < 4.78 is 0.843. The van der Waals surface area contributed by atoms with Gasteiger partial charge in [0.1, 0.15) is 5.75 Å². The van der Waals surface area contributed by atoms with E-state index in [0.29, 0.717) is 22.8 Å². The number of amides is 1. The van der Waals surface area contributed by atoms with Gasteiger partial charge in [0, 0.05) is 26.9 Å². The monoisotopic (exact) mass is 401 g/mol. The summed E-state index contributed by atoms with van der Waals surface area (Å²) in [5.74, 6) is -0.000425. The van der Waals surface area contributed by atoms with Crippen molar-refractivity contribution in [3.63, 3.8) is 0 Å². The van der Waals surface area contributed by atoms with E-state index in [1.54, 1.807) is 41.3 Å². The summed E-state index contributed by atoms with van der Waals surface area (Å²) in [4.78, 5) is 14.2. The van der Waals surface area contributed by atoms with Crippen molar-refractivity contribution in [1.82, 2.24) is 0 Å². The molecule has 0 aliphatic carbocycles. The predicted molar refractivity (Wildman–Crippen MR) is 89.6 cm³/mol. The van der Waals surface area contributed by atoms with E-state index >= 15 is 0 Å². The maximum absolute atomic E-state index is 12.6. The number of rotatable bonds is 3. The number of carbonyl (C=O) groups is 1. The van der Waals surface area contributed by atoms with Crippen molar-refractivity contribution in [2.45, 2.75) is 6.92 Å². The van der Waals surface area contributed by atoms with Gasteiger partial charge in [-0.1, -0.05) is 17.7 Å². The van der Waals surface area contributed by atoms with E-state index in [2.05, 4.69) is 22.6 Å². The predicted octanol–water partition coefficient (Wildman–Crippen LogP) is 4.32. The molecule has 1 N–H and O–H groups in total. The van der Waals surface area contributed by atoms with Crippen LogP contribution in [0.4, 0.5) is 5.69 Å². The van der Waals surface area contributed by atoms with Gasteiger partial charge in [0.15, 0.2) is 0 Å². The average molecular weight is 402 g/mol. The quantitative estimate of drug-likeness (QED) is 0.778. The molecule has 0 aliphatic heterocycles. The van der Waals surface area contributed by atoms with Gasteiger partial charge in [-0.3, -0.25) is 4.79 Å². The molecule has 20 heavy (non-hydrogen) atoms. The largest absolute Gasteiger partial charge is 0.508 e. The molecule has 2 rings (SSSR count). The summed E-state index contributed by atoms with van der Waals surface area (Å²) in [6.45, 7) is 2.39. The summed E-state index contributed by atoms with van der Waals surface area (Å²) in [7, 11) is 0. The topological polar surface area (TPSA) is 40.5 Å². The summed E-state index contributed by atoms with van der Waals surface area (Å²) in [6, 6.07) is 11.9. The Hall–Kier alpha value is -1.27. The van der Waals surface area contributed by atoms with Crippen LogP contribution in [0, 0.1) is 3.57 Å². The van der Waals surface area contributed by atoms with Crippen molar-refractivity contribution >= 4 is 45.8 Å². The van der Waals surface area contributed by atoms with E-state index < -0.39 is 0 Å². The van der Waals surface area contributed by atoms with Crippen molar-refractivity contribution in [1.29, 1.82) is 0 Å². The molecular formula is C15H13ClINO2. The molecule has 5 heteroatoms. The minimum atomic E-state index is -0.134. The number of aromatic hydroxyl groups is 1. The summed E-state index contributed by atoms with van der Waals surface area (Å²) in [5.41, 5.74) is 1.22. The zero-order valence-corrected chi connectivity index (χ0v) is 13.7. The van der Waals surface area contributed by atoms with Crippen LogP contribution in [0.2, 0.25) is 5.02 Å². The molecule has 2 aromatic carbocycles. The van der Waals surface area contributed by atoms with E-state index in [4.69, 9.17) is 11.6 Å². The Morgan fingerprint density at radius 2 is 2.05 bits per heavy atom. The normalized spacial score (nSPS) is 10.3. The Labute approximate surface area is 136 Å². The van der Waals surface area contributed by atoms with Gasteiger partial charge < -0.3 is 10.0 Å². The first kappa shape index (κ1) is 15.1. The molecule has 0 aromatic heterocycles. The van der Waals surface area contributed by atoms with Crippen LogP contribution in [0.3, 0.4) is 0 Å². The summed E-state index contributed by atoms with van der Waals surface area (Å²) in [5, 5.41) is 10.1. The molecule has 0 spiro atoms. The molecule has 0 heterocycles. The number of hydrogen-bond donors (Lipinski definition) is 1. The second kappa shape index (κ2) is 6.45. The fraction of sp³-hybridized carbons (Fsp3) is 0.133. The number of phenols is 1. The highest BCUT2D eigenvalue weighted by Gasteiger charge is 2.19. The van der Waals surface area contributed by atoms with Crippen LogP contribution in [0.25, 0.3) is 0 Å². The lowest BCUT2D eigenvalue weighted by atomic mass is 10.1. The van der Waals surface area contributed by atoms with Gasteiger partial charge in [-0.2, -0.15) is 0 Å². The van der Waals surface area contributed by atoms with E-state index in [0.717, 1.165) is 3.57 Å². The fourth-order valence-electron chi connectivity index (χ4n) is 1.91. The molecule has 104 valence electrons. The van der Waals surface area contributed by atoms with E-state index in [1.807, 2.05) is 13.0 Å². The third-order valence-electron chi connectivity index (χ3n) is 2.86. The Kier molecular flexibility index (Phi) is 4.88. The second-order valence-electron chi connectivity index (χ2n) is 4.19. The van der Waals surface area contributed by atoms with Crippen molar-refractivity contribution in [2.75, 3.05) is 11.4 Å². The van der Waals surface area contributed by atoms with Gasteiger partial charge in [-0.15, -0.1) is 0 Å². The van der Waals surface area contributed by atoms with E-state index in [1.165, 1.54) is 0 Å². The highest BCUT2D eigenvalue weighted by atomic mass is 127. The van der Waals surface area contributed by atoms with Gasteiger partial charge in [0.2, 0.25) is 0 Å². The molecule has 0 radical (unpaired) electrons. The van der Waals surface area contributed by atoms with Crippen LogP contribution in [0.15, 0.2) is 42.5 Å². The van der Waals surface area contributed by atoms with Gasteiger partial charge in [-0.25, -0.2) is 0 Å². The van der Waals surface area contributed by atoms with Crippen LogP contribution >= 0.6 is 34.2 Å². The van der Waals surface area contributed by atoms with Gasteiger partial charge in [0.25, 0.3) is 5.91 Å². The Morgan fingerprint density at radius 1 is 1.30 bits per heavy atom. The Balaban J connectivity index is 2.41.